The molecule has 0 unspecified atom stereocenters. The third-order valence-corrected chi connectivity index (χ3v) is 4.32. The zero-order chi connectivity index (χ0) is 17.9. The second kappa shape index (κ2) is 7.53. The maximum Gasteiger partial charge on any atom is 0.341 e. The van der Waals surface area contributed by atoms with Crippen LogP contribution in [0, 0.1) is 6.92 Å². The number of esters is 2. The number of thioether (sulfide) groups is 1. The summed E-state index contributed by atoms with van der Waals surface area (Å²) < 4.78 is 11.3. The molecule has 0 saturated heterocycles. The lowest BCUT2D eigenvalue weighted by atomic mass is 10.2. The number of hydrogen-bond donors (Lipinski definition) is 0. The highest BCUT2D eigenvalue weighted by molar-refractivity contribution is 7.98. The van der Waals surface area contributed by atoms with Gasteiger partial charge in [0.15, 0.2) is 5.78 Å². The number of rotatable bonds is 6. The topological polar surface area (TPSA) is 74.1 Å². The van der Waals surface area contributed by atoms with Crippen LogP contribution in [0.2, 0.25) is 0 Å². The smallest absolute Gasteiger partial charge is 0.341 e. The molecular weight excluding hydrogens is 330 g/mol. The molecule has 2 rings (SSSR count). The minimum atomic E-state index is -0.587. The summed E-state index contributed by atoms with van der Waals surface area (Å²) in [6.45, 7) is 3.79. The summed E-state index contributed by atoms with van der Waals surface area (Å²) in [7, 11) is 1.30. The van der Waals surface area contributed by atoms with Crippen molar-refractivity contribution in [1.29, 1.82) is 0 Å². The Morgan fingerprint density at radius 2 is 2.00 bits per heavy atom. The van der Waals surface area contributed by atoms with Crippen LogP contribution in [0.15, 0.2) is 23.2 Å². The Morgan fingerprint density at radius 3 is 2.58 bits per heavy atom. The van der Waals surface area contributed by atoms with E-state index >= 15 is 0 Å². The third kappa shape index (κ3) is 3.31. The number of aromatic nitrogens is 1. The molecule has 24 heavy (non-hydrogen) atoms. The molecule has 0 fully saturated rings. The van der Waals surface area contributed by atoms with Crippen LogP contribution in [-0.4, -0.2) is 42.1 Å². The Bertz CT molecular complexity index is 809. The van der Waals surface area contributed by atoms with E-state index in [1.807, 2.05) is 19.1 Å². The molecule has 2 aromatic heterocycles. The van der Waals surface area contributed by atoms with Crippen LogP contribution in [0.4, 0.5) is 0 Å². The lowest BCUT2D eigenvalue weighted by Gasteiger charge is -2.05. The number of ether oxygens (including phenoxy) is 2. The van der Waals surface area contributed by atoms with Crippen molar-refractivity contribution in [2.24, 2.45) is 0 Å². The van der Waals surface area contributed by atoms with E-state index in [1.165, 1.54) is 18.9 Å². The van der Waals surface area contributed by atoms with Gasteiger partial charge >= 0.3 is 11.9 Å². The van der Waals surface area contributed by atoms with E-state index in [9.17, 15) is 14.4 Å². The molecular formula is C17H19NO5S. The Hall–Kier alpha value is -2.28. The highest BCUT2D eigenvalue weighted by Crippen LogP contribution is 2.33. The molecule has 0 radical (unpaired) electrons. The van der Waals surface area contributed by atoms with Crippen molar-refractivity contribution in [2.45, 2.75) is 25.2 Å². The molecule has 2 heterocycles. The third-order valence-electron chi connectivity index (χ3n) is 3.52. The normalized spacial score (nSPS) is 10.7. The number of carbonyl (C=O) groups excluding carboxylic acids is 3. The first-order valence-electron chi connectivity index (χ1n) is 7.40. The summed E-state index contributed by atoms with van der Waals surface area (Å²) in [6.07, 6.45) is 3.12. The van der Waals surface area contributed by atoms with Gasteiger partial charge in [-0.05, 0) is 37.8 Å². The fourth-order valence-corrected chi connectivity index (χ4v) is 3.32. The lowest BCUT2D eigenvalue weighted by Crippen LogP contribution is -2.13. The standard InChI is InChI=1S/C17H19NO5S/c1-5-23-13(20)9-12(19)15-16(24-4)14(17(21)22-3)11-8-10(2)6-7-18(11)15/h6-8H,5,9H2,1-4H3. The van der Waals surface area contributed by atoms with Gasteiger partial charge in [-0.2, -0.15) is 0 Å². The fraction of sp³-hybridized carbons (Fsp3) is 0.353. The van der Waals surface area contributed by atoms with Crippen LogP contribution in [0.5, 0.6) is 0 Å². The molecule has 128 valence electrons. The maximum absolute atomic E-state index is 12.6. The molecule has 0 spiro atoms. The van der Waals surface area contributed by atoms with Crippen LogP contribution in [0.25, 0.3) is 5.52 Å². The van der Waals surface area contributed by atoms with Crippen LogP contribution >= 0.6 is 11.8 Å². The van der Waals surface area contributed by atoms with Gasteiger partial charge in [-0.3, -0.25) is 9.59 Å². The predicted octanol–water partition coefficient (Wildman–Crippen LogP) is 2.89. The number of Topliss-reactive ketones (excluding diaryl/α,β-unsaturated/α-hetero) is 1. The number of hydrogen-bond acceptors (Lipinski definition) is 6. The molecule has 0 bridgehead atoms. The van der Waals surface area contributed by atoms with Crippen molar-refractivity contribution in [1.82, 2.24) is 4.40 Å². The highest BCUT2D eigenvalue weighted by Gasteiger charge is 2.28. The van der Waals surface area contributed by atoms with Crippen molar-refractivity contribution in [3.8, 4) is 0 Å². The summed E-state index contributed by atoms with van der Waals surface area (Å²) >= 11 is 1.27. The van der Waals surface area contributed by atoms with Crippen molar-refractivity contribution in [3.63, 3.8) is 0 Å². The van der Waals surface area contributed by atoms with Gasteiger partial charge in [0.25, 0.3) is 0 Å². The van der Waals surface area contributed by atoms with E-state index in [0.717, 1.165) is 5.56 Å². The number of fused-ring (bicyclic) bond motifs is 1. The van der Waals surface area contributed by atoms with E-state index in [0.29, 0.717) is 21.7 Å². The van der Waals surface area contributed by atoms with Gasteiger partial charge in [0.05, 0.1) is 29.7 Å². The zero-order valence-corrected chi connectivity index (χ0v) is 14.9. The molecule has 2 aromatic rings. The molecule has 0 aliphatic carbocycles. The first-order valence-corrected chi connectivity index (χ1v) is 8.62. The van der Waals surface area contributed by atoms with Crippen LogP contribution in [0.1, 0.15) is 39.8 Å². The number of carbonyl (C=O) groups is 3. The van der Waals surface area contributed by atoms with Crippen molar-refractivity contribution < 1.29 is 23.9 Å². The van der Waals surface area contributed by atoms with Gasteiger partial charge < -0.3 is 13.9 Å². The van der Waals surface area contributed by atoms with Crippen LogP contribution in [0.3, 0.4) is 0 Å². The fourth-order valence-electron chi connectivity index (χ4n) is 2.52. The van der Waals surface area contributed by atoms with Gasteiger partial charge in [-0.25, -0.2) is 4.79 Å². The minimum absolute atomic E-state index is 0.211. The minimum Gasteiger partial charge on any atom is -0.466 e. The largest absolute Gasteiger partial charge is 0.466 e. The SMILES string of the molecule is CCOC(=O)CC(=O)c1c(SC)c(C(=O)OC)c2cc(C)ccn12. The van der Waals surface area contributed by atoms with E-state index in [1.54, 1.807) is 23.8 Å². The first-order chi connectivity index (χ1) is 11.4. The highest BCUT2D eigenvalue weighted by atomic mass is 32.2. The zero-order valence-electron chi connectivity index (χ0n) is 14.0. The van der Waals surface area contributed by atoms with Gasteiger partial charge in [-0.1, -0.05) is 0 Å². The number of methoxy groups -OCH3 is 1. The summed E-state index contributed by atoms with van der Waals surface area (Å²) in [6, 6.07) is 3.65. The number of nitrogens with zero attached hydrogens (tertiary/aromatic N) is 1. The second-order valence-electron chi connectivity index (χ2n) is 5.11. The van der Waals surface area contributed by atoms with Crippen molar-refractivity contribution >= 4 is 35.0 Å². The summed E-state index contributed by atoms with van der Waals surface area (Å²) in [5, 5.41) is 0. The molecule has 0 amide bonds. The lowest BCUT2D eigenvalue weighted by molar-refractivity contribution is -0.141. The average Bonchev–Trinajstić information content (AvgIpc) is 2.87. The summed E-state index contributed by atoms with van der Waals surface area (Å²) in [5.41, 5.74) is 2.16. The Balaban J connectivity index is 2.66. The summed E-state index contributed by atoms with van der Waals surface area (Å²) in [5.74, 6) is -1.50. The van der Waals surface area contributed by atoms with Gasteiger partial charge in [0.2, 0.25) is 0 Å². The van der Waals surface area contributed by atoms with Crippen molar-refractivity contribution in [3.05, 3.63) is 35.2 Å². The molecule has 0 N–H and O–H groups in total. The maximum atomic E-state index is 12.6. The van der Waals surface area contributed by atoms with Gasteiger partial charge in [-0.15, -0.1) is 11.8 Å². The number of aryl methyl sites for hydroxylation is 1. The number of pyridine rings is 1. The molecule has 0 aromatic carbocycles. The predicted molar refractivity (Wildman–Crippen MR) is 90.8 cm³/mol. The molecule has 0 saturated carbocycles. The quantitative estimate of drug-likeness (QED) is 0.345. The molecule has 7 heteroatoms. The van der Waals surface area contributed by atoms with Crippen molar-refractivity contribution in [2.75, 3.05) is 20.0 Å². The summed E-state index contributed by atoms with van der Waals surface area (Å²) in [4.78, 5) is 37.0. The molecule has 6 nitrogen and oxygen atoms in total. The number of ketones is 1. The van der Waals surface area contributed by atoms with Crippen LogP contribution < -0.4 is 0 Å². The van der Waals surface area contributed by atoms with Crippen LogP contribution in [-0.2, 0) is 14.3 Å². The second-order valence-corrected chi connectivity index (χ2v) is 5.93. The van der Waals surface area contributed by atoms with E-state index in [2.05, 4.69) is 0 Å². The Kier molecular flexibility index (Phi) is 5.66. The van der Waals surface area contributed by atoms with E-state index < -0.39 is 17.7 Å². The van der Waals surface area contributed by atoms with E-state index in [4.69, 9.17) is 9.47 Å². The first kappa shape index (κ1) is 18.1. The molecule has 0 aliphatic rings. The van der Waals surface area contributed by atoms with Gasteiger partial charge in [0.1, 0.15) is 12.1 Å². The molecule has 0 aliphatic heterocycles. The average molecular weight is 349 g/mol. The van der Waals surface area contributed by atoms with E-state index in [-0.39, 0.29) is 13.0 Å². The van der Waals surface area contributed by atoms with Gasteiger partial charge in [0, 0.05) is 6.20 Å². The Morgan fingerprint density at radius 1 is 1.29 bits per heavy atom. The Labute approximate surface area is 144 Å². The molecule has 0 atom stereocenters. The monoisotopic (exact) mass is 349 g/mol.